The summed E-state index contributed by atoms with van der Waals surface area (Å²) in [5.41, 5.74) is 0.671. The lowest BCUT2D eigenvalue weighted by Gasteiger charge is -2.39. The Balaban J connectivity index is 2.23. The lowest BCUT2D eigenvalue weighted by atomic mass is 10.2. The Hall–Kier alpha value is -0.330. The fraction of sp³-hybridized carbons (Fsp3) is 0.417. The summed E-state index contributed by atoms with van der Waals surface area (Å²) in [6.45, 7) is 2.70. The predicted octanol–water partition coefficient (Wildman–Crippen LogP) is 4.20. The molecule has 1 aliphatic heterocycles. The van der Waals surface area contributed by atoms with Crippen molar-refractivity contribution < 1.29 is 9.90 Å². The van der Waals surface area contributed by atoms with Crippen molar-refractivity contribution in [3.8, 4) is 0 Å². The molecule has 1 aromatic rings. The standard InChI is InChI=1S/C12H13Cl3N2O2S/c1-7-2-3-16(20-17(7)6-11(18)19)12-9(14)4-8(13)5-10(12)15/h4-5,7H,2-3,6H2,1H3,(H,18,19). The number of hydrogen-bond acceptors (Lipinski definition) is 4. The topological polar surface area (TPSA) is 43.8 Å². The Labute approximate surface area is 136 Å². The van der Waals surface area contributed by atoms with E-state index in [0.717, 1.165) is 13.0 Å². The summed E-state index contributed by atoms with van der Waals surface area (Å²) in [6.07, 6.45) is 0.829. The summed E-state index contributed by atoms with van der Waals surface area (Å²) in [5, 5.41) is 10.3. The molecule has 2 rings (SSSR count). The van der Waals surface area contributed by atoms with Crippen molar-refractivity contribution in [2.45, 2.75) is 19.4 Å². The monoisotopic (exact) mass is 354 g/mol. The van der Waals surface area contributed by atoms with E-state index in [-0.39, 0.29) is 12.6 Å². The molecule has 1 saturated heterocycles. The Morgan fingerprint density at radius 1 is 1.40 bits per heavy atom. The summed E-state index contributed by atoms with van der Waals surface area (Å²) < 4.78 is 3.71. The lowest BCUT2D eigenvalue weighted by molar-refractivity contribution is -0.137. The fourth-order valence-corrected chi connectivity index (χ4v) is 4.21. The highest BCUT2D eigenvalue weighted by molar-refractivity contribution is 7.98. The molecule has 1 heterocycles. The van der Waals surface area contributed by atoms with Gasteiger partial charge in [0.2, 0.25) is 0 Å². The van der Waals surface area contributed by atoms with Crippen LogP contribution in [0.5, 0.6) is 0 Å². The van der Waals surface area contributed by atoms with Gasteiger partial charge in [-0.25, -0.2) is 4.31 Å². The van der Waals surface area contributed by atoms with E-state index >= 15 is 0 Å². The van der Waals surface area contributed by atoms with Gasteiger partial charge < -0.3 is 9.41 Å². The van der Waals surface area contributed by atoms with E-state index in [4.69, 9.17) is 39.9 Å². The van der Waals surface area contributed by atoms with Crippen molar-refractivity contribution in [1.82, 2.24) is 4.31 Å². The van der Waals surface area contributed by atoms with E-state index in [0.29, 0.717) is 20.8 Å². The summed E-state index contributed by atoms with van der Waals surface area (Å²) in [6, 6.07) is 3.44. The van der Waals surface area contributed by atoms with E-state index in [1.54, 1.807) is 16.4 Å². The molecule has 0 aliphatic carbocycles. The molecular formula is C12H13Cl3N2O2S. The number of halogens is 3. The van der Waals surface area contributed by atoms with Crippen LogP contribution in [-0.4, -0.2) is 34.5 Å². The van der Waals surface area contributed by atoms with Gasteiger partial charge in [-0.3, -0.25) is 4.79 Å². The van der Waals surface area contributed by atoms with Crippen LogP contribution in [0, 0.1) is 0 Å². The molecule has 8 heteroatoms. The van der Waals surface area contributed by atoms with E-state index in [1.807, 2.05) is 11.2 Å². The smallest absolute Gasteiger partial charge is 0.318 e. The van der Waals surface area contributed by atoms with E-state index in [1.165, 1.54) is 12.1 Å². The number of nitrogens with zero attached hydrogens (tertiary/aromatic N) is 2. The maximum atomic E-state index is 10.9. The van der Waals surface area contributed by atoms with Crippen LogP contribution in [0.3, 0.4) is 0 Å². The normalized spacial score (nSPS) is 20.2. The number of carbonyl (C=O) groups is 1. The van der Waals surface area contributed by atoms with Gasteiger partial charge in [0.05, 0.1) is 15.7 Å². The molecule has 1 N–H and O–H groups in total. The number of carboxylic acid groups (broad SMARTS) is 1. The first-order chi connectivity index (χ1) is 9.38. The van der Waals surface area contributed by atoms with Gasteiger partial charge in [-0.15, -0.1) is 0 Å². The highest BCUT2D eigenvalue weighted by Gasteiger charge is 2.29. The highest BCUT2D eigenvalue weighted by atomic mass is 35.5. The van der Waals surface area contributed by atoms with Gasteiger partial charge in [-0.2, -0.15) is 0 Å². The quantitative estimate of drug-likeness (QED) is 0.823. The molecule has 1 aromatic carbocycles. The maximum Gasteiger partial charge on any atom is 0.318 e. The van der Waals surface area contributed by atoms with Crippen molar-refractivity contribution in [2.24, 2.45) is 0 Å². The first-order valence-corrected chi connectivity index (χ1v) is 7.83. The molecule has 4 nitrogen and oxygen atoms in total. The molecular weight excluding hydrogens is 343 g/mol. The Kier molecular flexibility index (Phi) is 5.31. The molecule has 1 fully saturated rings. The van der Waals surface area contributed by atoms with Gasteiger partial charge in [0, 0.05) is 29.7 Å². The van der Waals surface area contributed by atoms with Crippen LogP contribution in [0.2, 0.25) is 15.1 Å². The molecule has 0 aromatic heterocycles. The molecule has 1 unspecified atom stereocenters. The number of benzene rings is 1. The molecule has 1 atom stereocenters. The first kappa shape index (κ1) is 16.0. The van der Waals surface area contributed by atoms with E-state index in [9.17, 15) is 4.79 Å². The Morgan fingerprint density at radius 2 is 2.00 bits per heavy atom. The highest BCUT2D eigenvalue weighted by Crippen LogP contribution is 2.42. The van der Waals surface area contributed by atoms with Crippen LogP contribution in [0.25, 0.3) is 0 Å². The zero-order valence-corrected chi connectivity index (χ0v) is 13.7. The van der Waals surface area contributed by atoms with Crippen LogP contribution >= 0.6 is 46.9 Å². The SMILES string of the molecule is CC1CCN(c2c(Cl)cc(Cl)cc2Cl)SN1CC(=O)O. The Morgan fingerprint density at radius 3 is 2.55 bits per heavy atom. The van der Waals surface area contributed by atoms with Gasteiger partial charge in [0.15, 0.2) is 0 Å². The van der Waals surface area contributed by atoms with Crippen molar-refractivity contribution in [2.75, 3.05) is 17.4 Å². The summed E-state index contributed by atoms with van der Waals surface area (Å²) in [5.74, 6) is -0.862. The summed E-state index contributed by atoms with van der Waals surface area (Å²) in [7, 11) is 0. The second kappa shape index (κ2) is 6.62. The third kappa shape index (κ3) is 3.65. The summed E-state index contributed by atoms with van der Waals surface area (Å²) in [4.78, 5) is 10.9. The third-order valence-electron chi connectivity index (χ3n) is 2.97. The van der Waals surface area contributed by atoms with Gasteiger partial charge >= 0.3 is 5.97 Å². The number of aliphatic carboxylic acids is 1. The second-order valence-electron chi connectivity index (χ2n) is 4.51. The molecule has 0 radical (unpaired) electrons. The minimum atomic E-state index is -0.862. The van der Waals surface area contributed by atoms with Crippen molar-refractivity contribution >= 4 is 58.6 Å². The zero-order valence-electron chi connectivity index (χ0n) is 10.6. The molecule has 0 spiro atoms. The van der Waals surface area contributed by atoms with Crippen LogP contribution in [0.15, 0.2) is 12.1 Å². The molecule has 20 heavy (non-hydrogen) atoms. The van der Waals surface area contributed by atoms with Crippen LogP contribution in [0.4, 0.5) is 5.69 Å². The van der Waals surface area contributed by atoms with Gasteiger partial charge in [0.25, 0.3) is 0 Å². The van der Waals surface area contributed by atoms with Crippen molar-refractivity contribution in [3.63, 3.8) is 0 Å². The largest absolute Gasteiger partial charge is 0.480 e. The van der Waals surface area contributed by atoms with E-state index in [2.05, 4.69) is 0 Å². The number of carboxylic acids is 1. The van der Waals surface area contributed by atoms with Gasteiger partial charge in [-0.05, 0) is 25.5 Å². The molecule has 0 saturated carbocycles. The van der Waals surface area contributed by atoms with Gasteiger partial charge in [-0.1, -0.05) is 34.8 Å². The van der Waals surface area contributed by atoms with Crippen LogP contribution in [-0.2, 0) is 4.79 Å². The third-order valence-corrected chi connectivity index (χ3v) is 5.02. The lowest BCUT2D eigenvalue weighted by Crippen LogP contribution is -2.42. The number of anilines is 1. The Bertz CT molecular complexity index is 506. The molecule has 1 aliphatic rings. The van der Waals surface area contributed by atoms with Crippen molar-refractivity contribution in [1.29, 1.82) is 0 Å². The average Bonchev–Trinajstić information content (AvgIpc) is 2.31. The minimum Gasteiger partial charge on any atom is -0.480 e. The fourth-order valence-electron chi connectivity index (χ4n) is 1.94. The molecule has 110 valence electrons. The minimum absolute atomic E-state index is 0.0365. The van der Waals surface area contributed by atoms with Gasteiger partial charge in [0.1, 0.15) is 6.54 Å². The van der Waals surface area contributed by atoms with E-state index < -0.39 is 5.97 Å². The number of rotatable bonds is 3. The average molecular weight is 356 g/mol. The zero-order chi connectivity index (χ0) is 14.9. The molecule has 0 amide bonds. The second-order valence-corrected chi connectivity index (χ2v) is 6.83. The number of hydrogen-bond donors (Lipinski definition) is 1. The predicted molar refractivity (Wildman–Crippen MR) is 84.8 cm³/mol. The first-order valence-electron chi connectivity index (χ1n) is 5.97. The molecule has 0 bridgehead atoms. The van der Waals surface area contributed by atoms with Crippen LogP contribution < -0.4 is 4.31 Å². The van der Waals surface area contributed by atoms with Crippen molar-refractivity contribution in [3.05, 3.63) is 27.2 Å². The maximum absolute atomic E-state index is 10.9. The summed E-state index contributed by atoms with van der Waals surface area (Å²) >= 11 is 19.6. The van der Waals surface area contributed by atoms with Crippen LogP contribution in [0.1, 0.15) is 13.3 Å².